The number of H-pyrrole nitrogens is 1. The highest BCUT2D eigenvalue weighted by Crippen LogP contribution is 2.19. The number of ether oxygens (including phenoxy) is 1. The van der Waals surface area contributed by atoms with Gasteiger partial charge in [0.25, 0.3) is 5.91 Å². The van der Waals surface area contributed by atoms with Crippen LogP contribution in [0, 0.1) is 0 Å². The molecule has 0 saturated carbocycles. The lowest BCUT2D eigenvalue weighted by Crippen LogP contribution is -2.31. The van der Waals surface area contributed by atoms with Gasteiger partial charge in [-0.2, -0.15) is 5.10 Å². The summed E-state index contributed by atoms with van der Waals surface area (Å²) in [5.41, 5.74) is 3.41. The first-order chi connectivity index (χ1) is 11.2. The van der Waals surface area contributed by atoms with Gasteiger partial charge in [0.1, 0.15) is 0 Å². The van der Waals surface area contributed by atoms with Crippen molar-refractivity contribution in [3.63, 3.8) is 0 Å². The number of hydrogen-bond acceptors (Lipinski definition) is 4. The smallest absolute Gasteiger partial charge is 0.272 e. The number of nitrogens with zero attached hydrogens (tertiary/aromatic N) is 1. The summed E-state index contributed by atoms with van der Waals surface area (Å²) in [6, 6.07) is 7.40. The van der Waals surface area contributed by atoms with Gasteiger partial charge in [-0.3, -0.25) is 9.89 Å². The number of nitrogens with one attached hydrogen (secondary N) is 3. The molecule has 6 nitrogen and oxygen atoms in total. The Hall–Kier alpha value is -1.89. The number of rotatable bonds is 5. The Morgan fingerprint density at radius 2 is 2.22 bits per heavy atom. The molecule has 3 N–H and O–H groups in total. The molecule has 0 fully saturated rings. The Bertz CT molecular complexity index is 684. The van der Waals surface area contributed by atoms with Crippen LogP contribution in [0.4, 0.5) is 0 Å². The van der Waals surface area contributed by atoms with Crippen molar-refractivity contribution >= 4 is 17.5 Å². The molecule has 1 aliphatic heterocycles. The Morgan fingerprint density at radius 1 is 1.43 bits per heavy atom. The van der Waals surface area contributed by atoms with Crippen molar-refractivity contribution in [2.24, 2.45) is 0 Å². The van der Waals surface area contributed by atoms with Crippen LogP contribution in [0.25, 0.3) is 0 Å². The summed E-state index contributed by atoms with van der Waals surface area (Å²) in [5.74, 6) is -0.192. The summed E-state index contributed by atoms with van der Waals surface area (Å²) in [4.78, 5) is 12.4. The Balaban J connectivity index is 1.65. The van der Waals surface area contributed by atoms with Gasteiger partial charge in [0, 0.05) is 49.4 Å². The molecule has 2 heterocycles. The number of methoxy groups -OCH3 is 1. The molecule has 7 heteroatoms. The number of halogens is 1. The Labute approximate surface area is 139 Å². The average molecular weight is 335 g/mol. The summed E-state index contributed by atoms with van der Waals surface area (Å²) >= 11 is 5.89. The molecule has 23 heavy (non-hydrogen) atoms. The van der Waals surface area contributed by atoms with Gasteiger partial charge in [0.05, 0.1) is 6.10 Å². The van der Waals surface area contributed by atoms with E-state index >= 15 is 0 Å². The minimum absolute atomic E-state index is 0.192. The standard InChI is InChI=1S/C16H19ClN4O2/c1-23-14(10-2-4-11(17)5-3-10)9-19-16(22)15-12-8-18-7-6-13(12)20-21-15/h2-5,14,18H,6-9H2,1H3,(H,19,22)(H,20,21). The molecule has 1 unspecified atom stereocenters. The zero-order valence-electron chi connectivity index (χ0n) is 12.9. The quantitative estimate of drug-likeness (QED) is 0.779. The molecule has 122 valence electrons. The number of hydrogen-bond donors (Lipinski definition) is 3. The van der Waals surface area contributed by atoms with Crippen LogP contribution in [-0.4, -0.2) is 36.3 Å². The second-order valence-electron chi connectivity index (χ2n) is 5.44. The molecule has 0 spiro atoms. The van der Waals surface area contributed by atoms with Gasteiger partial charge in [-0.15, -0.1) is 0 Å². The molecule has 1 aromatic carbocycles. The molecule has 0 bridgehead atoms. The fourth-order valence-electron chi connectivity index (χ4n) is 2.70. The molecule has 0 radical (unpaired) electrons. The molecule has 2 aromatic rings. The van der Waals surface area contributed by atoms with Crippen molar-refractivity contribution in [1.82, 2.24) is 20.8 Å². The fraction of sp³-hybridized carbons (Fsp3) is 0.375. The summed E-state index contributed by atoms with van der Waals surface area (Å²) in [6.07, 6.45) is 0.630. The summed E-state index contributed by atoms with van der Waals surface area (Å²) in [7, 11) is 1.62. The van der Waals surface area contributed by atoms with Crippen LogP contribution in [0.15, 0.2) is 24.3 Å². The van der Waals surface area contributed by atoms with Crippen LogP contribution in [-0.2, 0) is 17.7 Å². The number of fused-ring (bicyclic) bond motifs is 1. The summed E-state index contributed by atoms with van der Waals surface area (Å²) in [6.45, 7) is 1.93. The molecule has 1 aliphatic rings. The van der Waals surface area contributed by atoms with Gasteiger partial charge < -0.3 is 15.4 Å². The van der Waals surface area contributed by atoms with Crippen LogP contribution in [0.2, 0.25) is 5.02 Å². The van der Waals surface area contributed by atoms with Crippen molar-refractivity contribution in [2.45, 2.75) is 19.1 Å². The van der Waals surface area contributed by atoms with Crippen molar-refractivity contribution in [3.8, 4) is 0 Å². The second-order valence-corrected chi connectivity index (χ2v) is 5.88. The molecular formula is C16H19ClN4O2. The third kappa shape index (κ3) is 3.55. The molecule has 1 aromatic heterocycles. The van der Waals surface area contributed by atoms with Crippen LogP contribution >= 0.6 is 11.6 Å². The van der Waals surface area contributed by atoms with Gasteiger partial charge in [-0.1, -0.05) is 23.7 Å². The van der Waals surface area contributed by atoms with Crippen LogP contribution in [0.1, 0.15) is 33.4 Å². The van der Waals surface area contributed by atoms with E-state index in [1.165, 1.54) is 0 Å². The van der Waals surface area contributed by atoms with E-state index in [2.05, 4.69) is 20.8 Å². The van der Waals surface area contributed by atoms with E-state index in [9.17, 15) is 4.79 Å². The number of aromatic nitrogens is 2. The first-order valence-corrected chi connectivity index (χ1v) is 7.90. The molecule has 1 atom stereocenters. The maximum Gasteiger partial charge on any atom is 0.272 e. The minimum Gasteiger partial charge on any atom is -0.375 e. The number of carbonyl (C=O) groups is 1. The fourth-order valence-corrected chi connectivity index (χ4v) is 2.82. The molecule has 0 saturated heterocycles. The Morgan fingerprint density at radius 3 is 2.96 bits per heavy atom. The predicted molar refractivity (Wildman–Crippen MR) is 87.5 cm³/mol. The zero-order valence-corrected chi connectivity index (χ0v) is 13.6. The zero-order chi connectivity index (χ0) is 16.2. The van der Waals surface area contributed by atoms with Crippen LogP contribution in [0.5, 0.6) is 0 Å². The molecular weight excluding hydrogens is 316 g/mol. The lowest BCUT2D eigenvalue weighted by molar-refractivity contribution is 0.0823. The van der Waals surface area contributed by atoms with Crippen molar-refractivity contribution in [2.75, 3.05) is 20.2 Å². The molecule has 3 rings (SSSR count). The van der Waals surface area contributed by atoms with Gasteiger partial charge in [0.15, 0.2) is 5.69 Å². The SMILES string of the molecule is COC(CNC(=O)c1n[nH]c2c1CNCC2)c1ccc(Cl)cc1. The largest absolute Gasteiger partial charge is 0.375 e. The van der Waals surface area contributed by atoms with Crippen molar-refractivity contribution in [3.05, 3.63) is 51.8 Å². The lowest BCUT2D eigenvalue weighted by atomic mass is 10.1. The number of carbonyl (C=O) groups excluding carboxylic acids is 1. The molecule has 1 amide bonds. The highest BCUT2D eigenvalue weighted by Gasteiger charge is 2.22. The van der Waals surface area contributed by atoms with Crippen LogP contribution in [0.3, 0.4) is 0 Å². The predicted octanol–water partition coefficient (Wildman–Crippen LogP) is 1.83. The third-order valence-corrected chi connectivity index (χ3v) is 4.25. The van der Waals surface area contributed by atoms with Gasteiger partial charge in [-0.25, -0.2) is 0 Å². The summed E-state index contributed by atoms with van der Waals surface area (Å²) in [5, 5.41) is 13.9. The minimum atomic E-state index is -0.232. The van der Waals surface area contributed by atoms with Crippen molar-refractivity contribution < 1.29 is 9.53 Å². The van der Waals surface area contributed by atoms with E-state index in [4.69, 9.17) is 16.3 Å². The van der Waals surface area contributed by atoms with E-state index in [0.29, 0.717) is 23.8 Å². The first-order valence-electron chi connectivity index (χ1n) is 7.52. The number of aromatic amines is 1. The monoisotopic (exact) mass is 334 g/mol. The normalized spacial score (nSPS) is 15.0. The van der Waals surface area contributed by atoms with E-state index < -0.39 is 0 Å². The van der Waals surface area contributed by atoms with Gasteiger partial charge in [0.2, 0.25) is 0 Å². The van der Waals surface area contributed by atoms with Gasteiger partial charge in [-0.05, 0) is 17.7 Å². The second kappa shape index (κ2) is 7.12. The highest BCUT2D eigenvalue weighted by atomic mass is 35.5. The van der Waals surface area contributed by atoms with E-state index in [1.807, 2.05) is 12.1 Å². The van der Waals surface area contributed by atoms with E-state index in [0.717, 1.165) is 29.8 Å². The highest BCUT2D eigenvalue weighted by molar-refractivity contribution is 6.30. The summed E-state index contributed by atoms with van der Waals surface area (Å²) < 4.78 is 5.46. The Kier molecular flexibility index (Phi) is 4.95. The average Bonchev–Trinajstić information content (AvgIpc) is 3.01. The van der Waals surface area contributed by atoms with Crippen LogP contribution < -0.4 is 10.6 Å². The maximum absolute atomic E-state index is 12.4. The lowest BCUT2D eigenvalue weighted by Gasteiger charge is -2.17. The van der Waals surface area contributed by atoms with Gasteiger partial charge >= 0.3 is 0 Å². The van der Waals surface area contributed by atoms with E-state index in [-0.39, 0.29) is 12.0 Å². The first kappa shape index (κ1) is 16.0. The van der Waals surface area contributed by atoms with Crippen molar-refractivity contribution in [1.29, 1.82) is 0 Å². The maximum atomic E-state index is 12.4. The van der Waals surface area contributed by atoms with E-state index in [1.54, 1.807) is 19.2 Å². The topological polar surface area (TPSA) is 79.0 Å². The third-order valence-electron chi connectivity index (χ3n) is 4.00. The molecule has 0 aliphatic carbocycles. The number of amides is 1. The number of benzene rings is 1.